The Kier molecular flexibility index (Phi) is 5.04. The Morgan fingerprint density at radius 2 is 2.00 bits per heavy atom. The second kappa shape index (κ2) is 7.11. The van der Waals surface area contributed by atoms with Gasteiger partial charge in [0.25, 0.3) is 0 Å². The molecule has 0 spiro atoms. The number of hydrogen-bond donors (Lipinski definition) is 1. The summed E-state index contributed by atoms with van der Waals surface area (Å²) in [4.78, 5) is 26.3. The van der Waals surface area contributed by atoms with Crippen LogP contribution < -0.4 is 5.32 Å². The summed E-state index contributed by atoms with van der Waals surface area (Å²) in [6.07, 6.45) is 0.165. The molecule has 2 aromatic rings. The van der Waals surface area contributed by atoms with Crippen LogP contribution in [0, 0.1) is 11.7 Å². The molecular weight excluding hydrogens is 355 g/mol. The molecule has 1 aliphatic heterocycles. The van der Waals surface area contributed by atoms with Crippen LogP contribution in [0.3, 0.4) is 0 Å². The second-order valence-electron chi connectivity index (χ2n) is 7.45. The van der Waals surface area contributed by atoms with Gasteiger partial charge >= 0.3 is 0 Å². The average molecular weight is 376 g/mol. The molecule has 138 valence electrons. The largest absolute Gasteiger partial charge is 0.338 e. The second-order valence-corrected chi connectivity index (χ2v) is 8.43. The van der Waals surface area contributed by atoms with E-state index in [1.54, 1.807) is 17.0 Å². The summed E-state index contributed by atoms with van der Waals surface area (Å²) in [6, 6.07) is 6.02. The van der Waals surface area contributed by atoms with Crippen LogP contribution in [0.4, 0.5) is 9.52 Å². The number of halogens is 1. The number of hydrogen-bond acceptors (Lipinski definition) is 5. The van der Waals surface area contributed by atoms with Gasteiger partial charge in [0.1, 0.15) is 10.8 Å². The van der Waals surface area contributed by atoms with Gasteiger partial charge in [-0.3, -0.25) is 9.59 Å². The highest BCUT2D eigenvalue weighted by Crippen LogP contribution is 2.28. The van der Waals surface area contributed by atoms with E-state index in [9.17, 15) is 14.0 Å². The molecule has 8 heteroatoms. The molecule has 0 aliphatic carbocycles. The number of aromatic nitrogens is 2. The average Bonchev–Trinajstić information content (AvgIpc) is 3.17. The van der Waals surface area contributed by atoms with E-state index in [0.29, 0.717) is 18.2 Å². The molecule has 0 saturated carbocycles. The van der Waals surface area contributed by atoms with Crippen LogP contribution >= 0.6 is 11.3 Å². The van der Waals surface area contributed by atoms with Gasteiger partial charge in [-0.25, -0.2) is 4.39 Å². The molecule has 0 unspecified atom stereocenters. The van der Waals surface area contributed by atoms with Crippen LogP contribution in [0.2, 0.25) is 0 Å². The van der Waals surface area contributed by atoms with Crippen molar-refractivity contribution in [2.45, 2.75) is 39.2 Å². The monoisotopic (exact) mass is 376 g/mol. The summed E-state index contributed by atoms with van der Waals surface area (Å²) >= 11 is 1.34. The molecule has 1 atom stereocenters. The molecule has 6 nitrogen and oxygen atoms in total. The van der Waals surface area contributed by atoms with E-state index < -0.39 is 5.92 Å². The first-order chi connectivity index (χ1) is 12.2. The van der Waals surface area contributed by atoms with Crippen LogP contribution in [-0.2, 0) is 21.5 Å². The predicted octanol–water partition coefficient (Wildman–Crippen LogP) is 2.96. The number of nitrogens with zero attached hydrogens (tertiary/aromatic N) is 3. The Morgan fingerprint density at radius 3 is 2.62 bits per heavy atom. The molecule has 0 bridgehead atoms. The van der Waals surface area contributed by atoms with Gasteiger partial charge in [-0.1, -0.05) is 44.2 Å². The third-order valence-corrected chi connectivity index (χ3v) is 5.43. The zero-order valence-corrected chi connectivity index (χ0v) is 15.8. The molecular formula is C18H21FN4O2S. The third kappa shape index (κ3) is 4.24. The number of carbonyl (C=O) groups is 2. The number of carbonyl (C=O) groups excluding carboxylic acids is 2. The molecule has 1 aromatic carbocycles. The maximum absolute atomic E-state index is 13.0. The molecule has 26 heavy (non-hydrogen) atoms. The number of anilines is 1. The lowest BCUT2D eigenvalue weighted by Crippen LogP contribution is -2.28. The van der Waals surface area contributed by atoms with Crippen LogP contribution in [-0.4, -0.2) is 33.5 Å². The highest BCUT2D eigenvalue weighted by molar-refractivity contribution is 7.15. The number of likely N-dealkylation sites (tertiary alicyclic amines) is 1. The van der Waals surface area contributed by atoms with Crippen molar-refractivity contribution in [2.75, 3.05) is 11.9 Å². The Morgan fingerprint density at radius 1 is 1.31 bits per heavy atom. The Balaban J connectivity index is 1.60. The van der Waals surface area contributed by atoms with Gasteiger partial charge in [-0.15, -0.1) is 10.2 Å². The van der Waals surface area contributed by atoms with Crippen molar-refractivity contribution in [1.82, 2.24) is 15.1 Å². The fraction of sp³-hybridized carbons (Fsp3) is 0.444. The first-order valence-electron chi connectivity index (χ1n) is 8.39. The van der Waals surface area contributed by atoms with Crippen molar-refractivity contribution in [3.05, 3.63) is 40.7 Å². The highest BCUT2D eigenvalue weighted by Gasteiger charge is 2.34. The Labute approximate surface area is 155 Å². The van der Waals surface area contributed by atoms with E-state index in [4.69, 9.17) is 0 Å². The summed E-state index contributed by atoms with van der Waals surface area (Å²) in [6.45, 7) is 6.80. The molecule has 0 radical (unpaired) electrons. The molecule has 1 aliphatic rings. The van der Waals surface area contributed by atoms with Crippen LogP contribution in [0.5, 0.6) is 0 Å². The van der Waals surface area contributed by atoms with Crippen LogP contribution in [0.15, 0.2) is 24.3 Å². The van der Waals surface area contributed by atoms with Crippen molar-refractivity contribution in [1.29, 1.82) is 0 Å². The van der Waals surface area contributed by atoms with Crippen molar-refractivity contribution >= 4 is 28.3 Å². The molecule has 3 rings (SSSR count). The minimum atomic E-state index is -0.426. The van der Waals surface area contributed by atoms with Crippen LogP contribution in [0.1, 0.15) is 37.8 Å². The smallest absolute Gasteiger partial charge is 0.231 e. The van der Waals surface area contributed by atoms with Gasteiger partial charge in [0.15, 0.2) is 0 Å². The fourth-order valence-electron chi connectivity index (χ4n) is 2.70. The Bertz CT molecular complexity index is 813. The van der Waals surface area contributed by atoms with Gasteiger partial charge in [-0.05, 0) is 17.7 Å². The quantitative estimate of drug-likeness (QED) is 0.890. The van der Waals surface area contributed by atoms with Gasteiger partial charge < -0.3 is 10.2 Å². The molecule has 1 fully saturated rings. The van der Waals surface area contributed by atoms with Crippen molar-refractivity contribution in [3.8, 4) is 0 Å². The standard InChI is InChI=1S/C18H21FN4O2S/c1-18(2,3)16-21-22-17(26-16)20-15(25)12-8-14(24)23(10-12)9-11-4-6-13(19)7-5-11/h4-7,12H,8-10H2,1-3H3,(H,20,22,25)/t12-/m0/s1. The first kappa shape index (κ1) is 18.4. The maximum atomic E-state index is 13.0. The topological polar surface area (TPSA) is 75.2 Å². The lowest BCUT2D eigenvalue weighted by atomic mass is 9.98. The van der Waals surface area contributed by atoms with E-state index in [1.165, 1.54) is 23.5 Å². The van der Waals surface area contributed by atoms with Crippen LogP contribution in [0.25, 0.3) is 0 Å². The SMILES string of the molecule is CC(C)(C)c1nnc(NC(=O)[C@H]2CC(=O)N(Cc3ccc(F)cc3)C2)s1. The van der Waals surface area contributed by atoms with Crippen molar-refractivity contribution < 1.29 is 14.0 Å². The zero-order chi connectivity index (χ0) is 18.9. The minimum absolute atomic E-state index is 0.0814. The van der Waals surface area contributed by atoms with Crippen molar-refractivity contribution in [2.24, 2.45) is 5.92 Å². The zero-order valence-electron chi connectivity index (χ0n) is 15.0. The van der Waals surface area contributed by atoms with Crippen molar-refractivity contribution in [3.63, 3.8) is 0 Å². The number of amides is 2. The lowest BCUT2D eigenvalue weighted by Gasteiger charge is -2.16. The van der Waals surface area contributed by atoms with Gasteiger partial charge in [0.05, 0.1) is 5.92 Å². The van der Waals surface area contributed by atoms with Gasteiger partial charge in [-0.2, -0.15) is 0 Å². The summed E-state index contributed by atoms with van der Waals surface area (Å²) < 4.78 is 13.0. The van der Waals surface area contributed by atoms with E-state index >= 15 is 0 Å². The molecule has 2 amide bonds. The number of nitrogens with one attached hydrogen (secondary N) is 1. The summed E-state index contributed by atoms with van der Waals surface area (Å²) in [7, 11) is 0. The highest BCUT2D eigenvalue weighted by atomic mass is 32.1. The van der Waals surface area contributed by atoms with E-state index in [0.717, 1.165) is 10.6 Å². The molecule has 1 aromatic heterocycles. The number of rotatable bonds is 4. The fourth-order valence-corrected chi connectivity index (χ4v) is 3.50. The molecule has 2 heterocycles. The summed E-state index contributed by atoms with van der Waals surface area (Å²) in [5, 5.41) is 12.2. The predicted molar refractivity (Wildman–Crippen MR) is 97.2 cm³/mol. The molecule has 1 saturated heterocycles. The van der Waals surface area contributed by atoms with E-state index in [1.807, 2.05) is 20.8 Å². The molecule has 1 N–H and O–H groups in total. The lowest BCUT2D eigenvalue weighted by molar-refractivity contribution is -0.128. The van der Waals surface area contributed by atoms with E-state index in [2.05, 4.69) is 15.5 Å². The van der Waals surface area contributed by atoms with E-state index in [-0.39, 0.29) is 29.5 Å². The third-order valence-electron chi connectivity index (χ3n) is 4.17. The summed E-state index contributed by atoms with van der Waals surface area (Å²) in [5.74, 6) is -1.05. The summed E-state index contributed by atoms with van der Waals surface area (Å²) in [5.41, 5.74) is 0.704. The van der Waals surface area contributed by atoms with Gasteiger partial charge in [0, 0.05) is 24.9 Å². The maximum Gasteiger partial charge on any atom is 0.231 e. The minimum Gasteiger partial charge on any atom is -0.338 e. The normalized spacial score (nSPS) is 17.6. The van der Waals surface area contributed by atoms with Gasteiger partial charge in [0.2, 0.25) is 16.9 Å². The number of benzene rings is 1. The first-order valence-corrected chi connectivity index (χ1v) is 9.21. The Hall–Kier alpha value is -2.35.